The van der Waals surface area contributed by atoms with E-state index in [-0.39, 0.29) is 47.5 Å². The van der Waals surface area contributed by atoms with Gasteiger partial charge in [0.15, 0.2) is 5.75 Å². The largest absolute Gasteiger partial charge is 0.478 e. The number of nitrogens with zero attached hydrogens (tertiary/aromatic N) is 7. The molecular weight excluding hydrogens is 595 g/mol. The molecule has 4 heterocycles. The molecule has 1 saturated heterocycles. The number of aromatic carboxylic acids is 1. The van der Waals surface area contributed by atoms with Gasteiger partial charge in [-0.25, -0.2) is 14.2 Å². The van der Waals surface area contributed by atoms with Crippen LogP contribution >= 0.6 is 0 Å². The van der Waals surface area contributed by atoms with Gasteiger partial charge in [0.2, 0.25) is 5.88 Å². The van der Waals surface area contributed by atoms with Crippen LogP contribution in [0.2, 0.25) is 0 Å². The summed E-state index contributed by atoms with van der Waals surface area (Å²) in [5.74, 6) is -0.825. The van der Waals surface area contributed by atoms with E-state index in [9.17, 15) is 23.1 Å². The Balaban J connectivity index is 1.19. The average Bonchev–Trinajstić information content (AvgIpc) is 3.35. The van der Waals surface area contributed by atoms with Gasteiger partial charge in [-0.15, -0.1) is 0 Å². The third kappa shape index (κ3) is 6.60. The van der Waals surface area contributed by atoms with Crippen molar-refractivity contribution >= 4 is 29.2 Å². The molecule has 2 aliphatic rings. The first-order chi connectivity index (χ1) is 21.8. The molecule has 1 N–H and O–H groups in total. The van der Waals surface area contributed by atoms with Crippen molar-refractivity contribution in [1.82, 2.24) is 19.5 Å². The number of hydrazone groups is 1. The van der Waals surface area contributed by atoms with Gasteiger partial charge in [-0.05, 0) is 36.8 Å². The minimum absolute atomic E-state index is 0.0687. The van der Waals surface area contributed by atoms with Gasteiger partial charge >= 0.3 is 12.6 Å². The molecule has 2 aromatic carbocycles. The van der Waals surface area contributed by atoms with Crippen molar-refractivity contribution in [3.05, 3.63) is 76.9 Å². The summed E-state index contributed by atoms with van der Waals surface area (Å²) in [5.41, 5.74) is 0.781. The highest BCUT2D eigenvalue weighted by molar-refractivity contribution is 5.95. The monoisotopic (exact) mass is 621 g/mol. The van der Waals surface area contributed by atoms with Crippen molar-refractivity contribution in [3.63, 3.8) is 0 Å². The number of hydrogen-bond donors (Lipinski definition) is 1. The van der Waals surface area contributed by atoms with E-state index in [0.717, 1.165) is 18.6 Å². The van der Waals surface area contributed by atoms with E-state index < -0.39 is 18.4 Å². The molecule has 12 nitrogen and oxygen atoms in total. The highest BCUT2D eigenvalue weighted by atomic mass is 19.3. The molecule has 4 aromatic rings. The van der Waals surface area contributed by atoms with E-state index in [1.54, 1.807) is 34.1 Å². The van der Waals surface area contributed by atoms with Crippen LogP contribution in [0, 0.1) is 17.1 Å². The SMILES string of the molecule is N#Cc1ccc(COc2cccc(N3C=NN(Cc4nc5c(OC(F)F)cc(C(=O)O)cc5n4C[C@@H]4CCO4)CC3)n2)c(F)c1. The predicted octanol–water partition coefficient (Wildman–Crippen LogP) is 4.38. The van der Waals surface area contributed by atoms with E-state index in [1.807, 2.05) is 11.0 Å². The van der Waals surface area contributed by atoms with Crippen LogP contribution in [0.15, 0.2) is 53.6 Å². The molecule has 1 atom stereocenters. The molecule has 0 saturated carbocycles. The van der Waals surface area contributed by atoms with Crippen LogP contribution in [0.3, 0.4) is 0 Å². The number of aromatic nitrogens is 3. The lowest BCUT2D eigenvalue weighted by molar-refractivity contribution is -0.0592. The molecular formula is C30H26F3N7O5. The molecule has 0 amide bonds. The summed E-state index contributed by atoms with van der Waals surface area (Å²) in [7, 11) is 0. The van der Waals surface area contributed by atoms with E-state index >= 15 is 0 Å². The molecule has 0 bridgehead atoms. The van der Waals surface area contributed by atoms with E-state index in [0.29, 0.717) is 49.0 Å². The molecule has 0 radical (unpaired) electrons. The van der Waals surface area contributed by atoms with E-state index in [2.05, 4.69) is 19.8 Å². The maximum atomic E-state index is 14.2. The van der Waals surface area contributed by atoms with Gasteiger partial charge in [-0.3, -0.25) is 5.01 Å². The van der Waals surface area contributed by atoms with Crippen molar-refractivity contribution in [1.29, 1.82) is 5.26 Å². The summed E-state index contributed by atoms with van der Waals surface area (Å²) < 4.78 is 58.3. The number of carboxylic acid groups (broad SMARTS) is 1. The minimum Gasteiger partial charge on any atom is -0.478 e. The first kappa shape index (κ1) is 29.7. The molecule has 1 fully saturated rings. The quantitative estimate of drug-likeness (QED) is 0.257. The number of carboxylic acids is 1. The van der Waals surface area contributed by atoms with Crippen molar-refractivity contribution in [2.45, 2.75) is 38.8 Å². The zero-order valence-corrected chi connectivity index (χ0v) is 23.6. The number of benzene rings is 2. The second kappa shape index (κ2) is 12.7. The highest BCUT2D eigenvalue weighted by Crippen LogP contribution is 2.31. The summed E-state index contributed by atoms with van der Waals surface area (Å²) in [6, 6.07) is 13.7. The van der Waals surface area contributed by atoms with Gasteiger partial charge < -0.3 is 28.8 Å². The number of alkyl halides is 2. The Bertz CT molecular complexity index is 1800. The number of imidazole rings is 1. The number of carbonyl (C=O) groups is 1. The zero-order chi connectivity index (χ0) is 31.5. The smallest absolute Gasteiger partial charge is 0.387 e. The standard InChI is InChI=1S/C30H26F3N7O5/c31-22-10-18(13-34)4-5-19(22)16-44-27-3-1-2-25(36-27)38-7-8-39(35-17-38)15-26-37-28-23(40(26)14-21-6-9-43-21)11-20(29(41)42)12-24(28)45-30(32)33/h1-5,10-12,17,21,30H,6-9,14-16H2,(H,41,42)/t21-/m0/s1. The Morgan fingerprint density at radius 3 is 2.69 bits per heavy atom. The van der Waals surface area contributed by atoms with Gasteiger partial charge in [0.25, 0.3) is 0 Å². The fourth-order valence-electron chi connectivity index (χ4n) is 4.97. The average molecular weight is 622 g/mol. The summed E-state index contributed by atoms with van der Waals surface area (Å²) >= 11 is 0. The lowest BCUT2D eigenvalue weighted by Gasteiger charge is -2.30. The van der Waals surface area contributed by atoms with Crippen LogP contribution < -0.4 is 14.4 Å². The van der Waals surface area contributed by atoms with E-state index in [4.69, 9.17) is 14.7 Å². The first-order valence-corrected chi connectivity index (χ1v) is 13.9. The van der Waals surface area contributed by atoms with E-state index in [1.165, 1.54) is 18.2 Å². The normalized spacial score (nSPS) is 16.1. The lowest BCUT2D eigenvalue weighted by atomic mass is 10.1. The van der Waals surface area contributed by atoms with Crippen LogP contribution in [0.25, 0.3) is 11.0 Å². The molecule has 232 valence electrons. The summed E-state index contributed by atoms with van der Waals surface area (Å²) in [6.45, 7) is -1.13. The van der Waals surface area contributed by atoms with Crippen LogP contribution in [-0.4, -0.2) is 69.4 Å². The third-order valence-corrected chi connectivity index (χ3v) is 7.38. The Kier molecular flexibility index (Phi) is 8.39. The molecule has 6 rings (SSSR count). The molecule has 15 heteroatoms. The van der Waals surface area contributed by atoms with Gasteiger partial charge in [-0.2, -0.15) is 24.1 Å². The maximum absolute atomic E-state index is 14.2. The number of rotatable bonds is 11. The minimum atomic E-state index is -3.16. The second-order valence-corrected chi connectivity index (χ2v) is 10.3. The van der Waals surface area contributed by atoms with Crippen LogP contribution in [0.4, 0.5) is 19.0 Å². The fourth-order valence-corrected chi connectivity index (χ4v) is 4.97. The van der Waals surface area contributed by atoms with Crippen LogP contribution in [0.5, 0.6) is 11.6 Å². The molecule has 0 unspecified atom stereocenters. The molecule has 2 aliphatic heterocycles. The summed E-state index contributed by atoms with van der Waals surface area (Å²) in [6.07, 6.45) is 2.27. The molecule has 0 aliphatic carbocycles. The zero-order valence-electron chi connectivity index (χ0n) is 23.6. The van der Waals surface area contributed by atoms with Crippen molar-refractivity contribution in [2.75, 3.05) is 24.6 Å². The Hall–Kier alpha value is -5.36. The Morgan fingerprint density at radius 2 is 2.02 bits per heavy atom. The van der Waals surface area contributed by atoms with Gasteiger partial charge in [0.1, 0.15) is 35.9 Å². The van der Waals surface area contributed by atoms with Gasteiger partial charge in [-0.1, -0.05) is 12.1 Å². The fraction of sp³-hybridized carbons (Fsp3) is 0.300. The lowest BCUT2D eigenvalue weighted by Crippen LogP contribution is -2.38. The summed E-state index contributed by atoms with van der Waals surface area (Å²) in [4.78, 5) is 22.6. The third-order valence-electron chi connectivity index (χ3n) is 7.38. The van der Waals surface area contributed by atoms with Crippen molar-refractivity contribution in [3.8, 4) is 17.7 Å². The maximum Gasteiger partial charge on any atom is 0.387 e. The first-order valence-electron chi connectivity index (χ1n) is 13.9. The molecule has 45 heavy (non-hydrogen) atoms. The topological polar surface area (TPSA) is 138 Å². The number of fused-ring (bicyclic) bond motifs is 1. The van der Waals surface area contributed by atoms with Crippen molar-refractivity contribution in [2.24, 2.45) is 5.10 Å². The number of ether oxygens (including phenoxy) is 3. The number of pyridine rings is 1. The van der Waals surface area contributed by atoms with Gasteiger partial charge in [0, 0.05) is 24.8 Å². The van der Waals surface area contributed by atoms with Crippen molar-refractivity contribution < 1.29 is 37.3 Å². The van der Waals surface area contributed by atoms with Gasteiger partial charge in [0.05, 0.1) is 48.5 Å². The Morgan fingerprint density at radius 1 is 1.18 bits per heavy atom. The highest BCUT2D eigenvalue weighted by Gasteiger charge is 2.26. The van der Waals surface area contributed by atoms with Crippen LogP contribution in [-0.2, 0) is 24.4 Å². The number of nitriles is 1. The summed E-state index contributed by atoms with van der Waals surface area (Å²) in [5, 5.41) is 24.8. The number of hydrogen-bond acceptors (Lipinski definition) is 10. The Labute approximate surface area is 254 Å². The number of anilines is 1. The molecule has 0 spiro atoms. The van der Waals surface area contributed by atoms with Crippen LogP contribution in [0.1, 0.15) is 33.7 Å². The molecule has 2 aromatic heterocycles. The number of halogens is 3. The second-order valence-electron chi connectivity index (χ2n) is 10.3. The predicted molar refractivity (Wildman–Crippen MR) is 154 cm³/mol.